The predicted octanol–water partition coefficient (Wildman–Crippen LogP) is 4.73. The first kappa shape index (κ1) is 25.5. The third kappa shape index (κ3) is 4.97. The first-order chi connectivity index (χ1) is 13.0. The second-order valence-electron chi connectivity index (χ2n) is 9.04. The molecule has 0 amide bonds. The van der Waals surface area contributed by atoms with Crippen LogP contribution < -0.4 is 10.4 Å². The van der Waals surface area contributed by atoms with Gasteiger partial charge >= 0.3 is 17.1 Å². The van der Waals surface area contributed by atoms with Crippen LogP contribution in [-0.4, -0.2) is 43.5 Å². The van der Waals surface area contributed by atoms with Crippen LogP contribution in [0.3, 0.4) is 0 Å². The zero-order chi connectivity index (χ0) is 21.6. The Morgan fingerprint density at radius 2 is 0.750 bits per heavy atom. The van der Waals surface area contributed by atoms with E-state index in [1.54, 1.807) is 0 Å². The summed E-state index contributed by atoms with van der Waals surface area (Å²) in [7, 11) is -5.21. The van der Waals surface area contributed by atoms with Crippen LogP contribution in [-0.2, 0) is 17.7 Å². The fourth-order valence-electron chi connectivity index (χ4n) is 3.87. The van der Waals surface area contributed by atoms with Gasteiger partial charge in [-0.25, -0.2) is 0 Å². The minimum Gasteiger partial charge on any atom is -0.391 e. The molecular formula is C22H42O4Si2. The molecule has 0 saturated carbocycles. The molecule has 0 atom stereocenters. The fourth-order valence-corrected chi connectivity index (χ4v) is 11.0. The van der Waals surface area contributed by atoms with Crippen LogP contribution in [0.5, 0.6) is 0 Å². The zero-order valence-electron chi connectivity index (χ0n) is 19.8. The summed E-state index contributed by atoms with van der Waals surface area (Å²) in [6, 6.07) is 8.74. The molecule has 0 saturated heterocycles. The summed E-state index contributed by atoms with van der Waals surface area (Å²) in [6.45, 7) is 24.0. The summed E-state index contributed by atoms with van der Waals surface area (Å²) in [5.41, 5.74) is 0. The molecule has 0 aromatic heterocycles. The van der Waals surface area contributed by atoms with E-state index in [2.05, 4.69) is 65.8 Å². The van der Waals surface area contributed by atoms with Crippen molar-refractivity contribution in [3.63, 3.8) is 0 Å². The molecule has 0 unspecified atom stereocenters. The molecule has 0 aliphatic carbocycles. The van der Waals surface area contributed by atoms with Crippen molar-refractivity contribution in [2.45, 2.75) is 79.3 Å². The van der Waals surface area contributed by atoms with Crippen LogP contribution in [0.15, 0.2) is 24.3 Å². The van der Waals surface area contributed by atoms with Crippen LogP contribution in [0.25, 0.3) is 0 Å². The Labute approximate surface area is 175 Å². The summed E-state index contributed by atoms with van der Waals surface area (Å²) >= 11 is 0. The highest BCUT2D eigenvalue weighted by Gasteiger charge is 2.53. The lowest BCUT2D eigenvalue weighted by Gasteiger charge is -2.42. The maximum atomic E-state index is 6.37. The maximum absolute atomic E-state index is 6.37. The molecule has 0 heterocycles. The van der Waals surface area contributed by atoms with E-state index in [0.717, 1.165) is 10.4 Å². The topological polar surface area (TPSA) is 36.9 Å². The summed E-state index contributed by atoms with van der Waals surface area (Å²) in [5, 5.41) is 2.16. The zero-order valence-corrected chi connectivity index (χ0v) is 21.8. The highest BCUT2D eigenvalue weighted by molar-refractivity contribution is 6.85. The molecule has 4 nitrogen and oxygen atoms in total. The first-order valence-corrected chi connectivity index (χ1v) is 14.3. The maximum Gasteiger partial charge on any atom is 0.378 e. The Balaban J connectivity index is 3.54. The first-order valence-electron chi connectivity index (χ1n) is 10.6. The second-order valence-corrected chi connectivity index (χ2v) is 16.8. The van der Waals surface area contributed by atoms with Crippen LogP contribution >= 0.6 is 0 Å². The van der Waals surface area contributed by atoms with E-state index in [0.29, 0.717) is 26.4 Å². The van der Waals surface area contributed by atoms with Gasteiger partial charge in [-0.05, 0) is 38.1 Å². The lowest BCUT2D eigenvalue weighted by atomic mass is 10.2. The Morgan fingerprint density at radius 1 is 0.536 bits per heavy atom. The average molecular weight is 427 g/mol. The molecule has 0 radical (unpaired) electrons. The fraction of sp³-hybridized carbons (Fsp3) is 0.727. The molecule has 0 N–H and O–H groups in total. The Morgan fingerprint density at radius 3 is 0.893 bits per heavy atom. The minimum atomic E-state index is -2.60. The van der Waals surface area contributed by atoms with Gasteiger partial charge in [0, 0.05) is 36.5 Å². The standard InChI is InChI=1S/C22H42O4Si2/c1-11-23-27(24-12-2,21(5,6)7)19-15-17-20(18-16-19)28(25-13-3,26-14-4)22(8,9)10/h15-18H,11-14H2,1-10H3. The van der Waals surface area contributed by atoms with E-state index < -0.39 is 17.1 Å². The number of benzene rings is 1. The van der Waals surface area contributed by atoms with E-state index in [4.69, 9.17) is 17.7 Å². The van der Waals surface area contributed by atoms with Gasteiger partial charge in [-0.15, -0.1) is 0 Å². The lowest BCUT2D eigenvalue weighted by Crippen LogP contribution is -2.62. The number of rotatable bonds is 10. The molecule has 6 heteroatoms. The number of hydrogen-bond acceptors (Lipinski definition) is 4. The summed E-state index contributed by atoms with van der Waals surface area (Å²) in [6.07, 6.45) is 0. The highest BCUT2D eigenvalue weighted by atomic mass is 28.4. The van der Waals surface area contributed by atoms with Gasteiger partial charge in [0.15, 0.2) is 0 Å². The van der Waals surface area contributed by atoms with Crippen molar-refractivity contribution in [2.24, 2.45) is 0 Å². The molecule has 28 heavy (non-hydrogen) atoms. The van der Waals surface area contributed by atoms with Gasteiger partial charge in [0.25, 0.3) is 0 Å². The summed E-state index contributed by atoms with van der Waals surface area (Å²) in [5.74, 6) is 0. The van der Waals surface area contributed by atoms with Gasteiger partial charge in [-0.3, -0.25) is 0 Å². The van der Waals surface area contributed by atoms with Crippen molar-refractivity contribution < 1.29 is 17.7 Å². The predicted molar refractivity (Wildman–Crippen MR) is 123 cm³/mol. The van der Waals surface area contributed by atoms with Gasteiger partial charge in [-0.2, -0.15) is 0 Å². The molecule has 0 spiro atoms. The lowest BCUT2D eigenvalue weighted by molar-refractivity contribution is 0.173. The van der Waals surface area contributed by atoms with E-state index in [1.807, 2.05) is 27.7 Å². The van der Waals surface area contributed by atoms with E-state index >= 15 is 0 Å². The van der Waals surface area contributed by atoms with Crippen molar-refractivity contribution in [1.29, 1.82) is 0 Å². The highest BCUT2D eigenvalue weighted by Crippen LogP contribution is 2.39. The SMILES string of the molecule is CCO[Si](OCC)(c1ccc([Si](OCC)(OCC)C(C)(C)C)cc1)C(C)(C)C. The van der Waals surface area contributed by atoms with Gasteiger partial charge < -0.3 is 17.7 Å². The van der Waals surface area contributed by atoms with Crippen LogP contribution in [0.1, 0.15) is 69.2 Å². The molecule has 1 aromatic rings. The van der Waals surface area contributed by atoms with Crippen LogP contribution in [0.4, 0.5) is 0 Å². The van der Waals surface area contributed by atoms with Crippen molar-refractivity contribution in [1.82, 2.24) is 0 Å². The third-order valence-electron chi connectivity index (χ3n) is 5.01. The molecule has 0 aliphatic rings. The largest absolute Gasteiger partial charge is 0.391 e. The van der Waals surface area contributed by atoms with Gasteiger partial charge in [0.05, 0.1) is 0 Å². The van der Waals surface area contributed by atoms with Gasteiger partial charge in [0.1, 0.15) is 0 Å². The van der Waals surface area contributed by atoms with Crippen LogP contribution in [0, 0.1) is 0 Å². The molecule has 1 aromatic carbocycles. The Kier molecular flexibility index (Phi) is 9.12. The monoisotopic (exact) mass is 426 g/mol. The normalized spacial score (nSPS) is 13.8. The Hall–Kier alpha value is -0.506. The van der Waals surface area contributed by atoms with Crippen molar-refractivity contribution >= 4 is 27.5 Å². The molecular weight excluding hydrogens is 384 g/mol. The van der Waals surface area contributed by atoms with E-state index in [1.165, 1.54) is 0 Å². The quantitative estimate of drug-likeness (QED) is 0.507. The second kappa shape index (κ2) is 10.0. The molecule has 0 fully saturated rings. The Bertz CT molecular complexity index is 523. The van der Waals surface area contributed by atoms with Gasteiger partial charge in [-0.1, -0.05) is 65.8 Å². The average Bonchev–Trinajstić information content (AvgIpc) is 2.59. The minimum absolute atomic E-state index is 0.0844. The summed E-state index contributed by atoms with van der Waals surface area (Å²) < 4.78 is 25.5. The van der Waals surface area contributed by atoms with Crippen molar-refractivity contribution in [2.75, 3.05) is 26.4 Å². The van der Waals surface area contributed by atoms with Gasteiger partial charge in [0.2, 0.25) is 0 Å². The molecule has 0 bridgehead atoms. The van der Waals surface area contributed by atoms with Crippen molar-refractivity contribution in [3.05, 3.63) is 24.3 Å². The van der Waals surface area contributed by atoms with Crippen LogP contribution in [0.2, 0.25) is 10.1 Å². The van der Waals surface area contributed by atoms with E-state index in [9.17, 15) is 0 Å². The molecule has 162 valence electrons. The number of hydrogen-bond donors (Lipinski definition) is 0. The molecule has 0 aliphatic heterocycles. The van der Waals surface area contributed by atoms with E-state index in [-0.39, 0.29) is 10.1 Å². The third-order valence-corrected chi connectivity index (χ3v) is 13.9. The smallest absolute Gasteiger partial charge is 0.378 e. The molecule has 1 rings (SSSR count). The summed E-state index contributed by atoms with van der Waals surface area (Å²) in [4.78, 5) is 0. The van der Waals surface area contributed by atoms with Crippen molar-refractivity contribution in [3.8, 4) is 0 Å².